The van der Waals surface area contributed by atoms with Gasteiger partial charge in [0.15, 0.2) is 0 Å². The summed E-state index contributed by atoms with van der Waals surface area (Å²) in [5.41, 5.74) is 3.92. The lowest BCUT2D eigenvalue weighted by Gasteiger charge is -2.07. The Morgan fingerprint density at radius 2 is 1.72 bits per heavy atom. The van der Waals surface area contributed by atoms with Crippen LogP contribution in [-0.2, 0) is 0 Å². The molecule has 0 N–H and O–H groups in total. The minimum Gasteiger partial charge on any atom is -0.423 e. The van der Waals surface area contributed by atoms with Crippen LogP contribution in [0.1, 0.15) is 27.0 Å². The van der Waals surface area contributed by atoms with Crippen LogP contribution in [0.5, 0.6) is 5.75 Å². The Morgan fingerprint density at radius 1 is 0.944 bits per heavy atom. The van der Waals surface area contributed by atoms with Gasteiger partial charge < -0.3 is 4.74 Å². The molecule has 0 saturated heterocycles. The van der Waals surface area contributed by atoms with Crippen LogP contribution in [0, 0.1) is 20.8 Å². The van der Waals surface area contributed by atoms with E-state index in [0.29, 0.717) is 11.3 Å². The van der Waals surface area contributed by atoms with Crippen LogP contribution in [0.25, 0.3) is 0 Å². The molecular formula is C16H16O2. The van der Waals surface area contributed by atoms with E-state index in [1.54, 1.807) is 6.07 Å². The van der Waals surface area contributed by atoms with Crippen LogP contribution in [0.15, 0.2) is 42.5 Å². The van der Waals surface area contributed by atoms with E-state index in [9.17, 15) is 4.79 Å². The van der Waals surface area contributed by atoms with Gasteiger partial charge >= 0.3 is 5.97 Å². The fourth-order valence-electron chi connectivity index (χ4n) is 1.72. The van der Waals surface area contributed by atoms with Gasteiger partial charge in [0.1, 0.15) is 5.75 Å². The second-order valence-electron chi connectivity index (χ2n) is 4.51. The van der Waals surface area contributed by atoms with Crippen LogP contribution in [0.4, 0.5) is 0 Å². The number of hydrogen-bond acceptors (Lipinski definition) is 2. The highest BCUT2D eigenvalue weighted by Crippen LogP contribution is 2.18. The van der Waals surface area contributed by atoms with Crippen molar-refractivity contribution >= 4 is 5.97 Å². The number of benzene rings is 2. The van der Waals surface area contributed by atoms with Crippen LogP contribution in [0.2, 0.25) is 0 Å². The summed E-state index contributed by atoms with van der Waals surface area (Å²) in [5, 5.41) is 0. The molecule has 2 nitrogen and oxygen atoms in total. The van der Waals surface area contributed by atoms with E-state index in [4.69, 9.17) is 4.74 Å². The van der Waals surface area contributed by atoms with Gasteiger partial charge in [0.25, 0.3) is 0 Å². The predicted molar refractivity (Wildman–Crippen MR) is 72.1 cm³/mol. The lowest BCUT2D eigenvalue weighted by atomic mass is 10.1. The molecule has 0 aromatic heterocycles. The van der Waals surface area contributed by atoms with Gasteiger partial charge in [-0.15, -0.1) is 0 Å². The summed E-state index contributed by atoms with van der Waals surface area (Å²) in [4.78, 5) is 11.9. The minimum absolute atomic E-state index is 0.318. The maximum atomic E-state index is 11.9. The average molecular weight is 240 g/mol. The average Bonchev–Trinajstić information content (AvgIpc) is 2.34. The summed E-state index contributed by atoms with van der Waals surface area (Å²) in [6.45, 7) is 5.98. The molecule has 0 aliphatic rings. The highest BCUT2D eigenvalue weighted by molar-refractivity contribution is 5.91. The molecule has 2 rings (SSSR count). The lowest BCUT2D eigenvalue weighted by molar-refractivity contribution is 0.0734. The zero-order valence-electron chi connectivity index (χ0n) is 10.9. The standard InChI is InChI=1S/C16H16O2/c1-11-5-4-6-14(9-11)16(17)18-15-8-7-12(2)13(3)10-15/h4-10H,1-3H3. The van der Waals surface area contributed by atoms with E-state index in [1.807, 2.05) is 57.2 Å². The summed E-state index contributed by atoms with van der Waals surface area (Å²) < 4.78 is 5.35. The Bertz CT molecular complexity index is 585. The Morgan fingerprint density at radius 3 is 2.39 bits per heavy atom. The lowest BCUT2D eigenvalue weighted by Crippen LogP contribution is -2.08. The van der Waals surface area contributed by atoms with Gasteiger partial charge in [0, 0.05) is 0 Å². The molecule has 0 bridgehead atoms. The van der Waals surface area contributed by atoms with Crippen LogP contribution < -0.4 is 4.74 Å². The topological polar surface area (TPSA) is 26.3 Å². The molecule has 0 fully saturated rings. The monoisotopic (exact) mass is 240 g/mol. The molecule has 0 radical (unpaired) electrons. The smallest absolute Gasteiger partial charge is 0.343 e. The fourth-order valence-corrected chi connectivity index (χ4v) is 1.72. The first kappa shape index (κ1) is 12.4. The van der Waals surface area contributed by atoms with Crippen molar-refractivity contribution in [1.82, 2.24) is 0 Å². The van der Waals surface area contributed by atoms with Crippen LogP contribution >= 0.6 is 0 Å². The third kappa shape index (κ3) is 2.77. The van der Waals surface area contributed by atoms with Crippen LogP contribution in [-0.4, -0.2) is 5.97 Å². The number of ether oxygens (including phenoxy) is 1. The van der Waals surface area contributed by atoms with Gasteiger partial charge in [-0.1, -0.05) is 23.8 Å². The minimum atomic E-state index is -0.318. The molecule has 2 heteroatoms. The Balaban J connectivity index is 2.18. The molecule has 2 aromatic rings. The van der Waals surface area contributed by atoms with Crippen molar-refractivity contribution in [3.05, 3.63) is 64.7 Å². The molecule has 18 heavy (non-hydrogen) atoms. The second-order valence-corrected chi connectivity index (χ2v) is 4.51. The molecule has 0 atom stereocenters. The molecule has 92 valence electrons. The van der Waals surface area contributed by atoms with Crippen molar-refractivity contribution in [2.75, 3.05) is 0 Å². The first-order valence-electron chi connectivity index (χ1n) is 5.92. The zero-order valence-corrected chi connectivity index (χ0v) is 10.9. The number of rotatable bonds is 2. The Kier molecular flexibility index (Phi) is 3.47. The van der Waals surface area contributed by atoms with Crippen molar-refractivity contribution in [1.29, 1.82) is 0 Å². The van der Waals surface area contributed by atoms with Gasteiger partial charge in [0.2, 0.25) is 0 Å². The molecule has 0 saturated carbocycles. The molecular weight excluding hydrogens is 224 g/mol. The van der Waals surface area contributed by atoms with Gasteiger partial charge in [-0.05, 0) is 56.2 Å². The summed E-state index contributed by atoms with van der Waals surface area (Å²) in [6.07, 6.45) is 0. The highest BCUT2D eigenvalue weighted by Gasteiger charge is 2.08. The molecule has 0 aliphatic carbocycles. The normalized spacial score (nSPS) is 10.2. The van der Waals surface area contributed by atoms with Crippen molar-refractivity contribution in [2.24, 2.45) is 0 Å². The molecule has 0 heterocycles. The molecule has 0 amide bonds. The molecule has 2 aromatic carbocycles. The van der Waals surface area contributed by atoms with Gasteiger partial charge in [-0.2, -0.15) is 0 Å². The number of carbonyl (C=O) groups excluding carboxylic acids is 1. The molecule has 0 unspecified atom stereocenters. The summed E-state index contributed by atoms with van der Waals surface area (Å²) in [5.74, 6) is 0.270. The highest BCUT2D eigenvalue weighted by atomic mass is 16.5. The van der Waals surface area contributed by atoms with Crippen molar-refractivity contribution in [3.63, 3.8) is 0 Å². The van der Waals surface area contributed by atoms with E-state index in [1.165, 1.54) is 5.56 Å². The van der Waals surface area contributed by atoms with E-state index < -0.39 is 0 Å². The van der Waals surface area contributed by atoms with Crippen molar-refractivity contribution in [3.8, 4) is 5.75 Å². The number of aryl methyl sites for hydroxylation is 3. The first-order valence-corrected chi connectivity index (χ1v) is 5.92. The van der Waals surface area contributed by atoms with E-state index in [-0.39, 0.29) is 5.97 Å². The number of carbonyl (C=O) groups is 1. The van der Waals surface area contributed by atoms with Crippen molar-refractivity contribution < 1.29 is 9.53 Å². The van der Waals surface area contributed by atoms with Crippen molar-refractivity contribution in [2.45, 2.75) is 20.8 Å². The quantitative estimate of drug-likeness (QED) is 0.589. The maximum Gasteiger partial charge on any atom is 0.343 e. The SMILES string of the molecule is Cc1cccc(C(=O)Oc2ccc(C)c(C)c2)c1. The maximum absolute atomic E-state index is 11.9. The fraction of sp³-hybridized carbons (Fsp3) is 0.188. The van der Waals surface area contributed by atoms with Gasteiger partial charge in [-0.25, -0.2) is 4.79 Å². The Labute approximate surface area is 107 Å². The van der Waals surface area contributed by atoms with E-state index >= 15 is 0 Å². The van der Waals surface area contributed by atoms with Gasteiger partial charge in [-0.3, -0.25) is 0 Å². The third-order valence-corrected chi connectivity index (χ3v) is 2.94. The second kappa shape index (κ2) is 5.05. The third-order valence-electron chi connectivity index (χ3n) is 2.94. The summed E-state index contributed by atoms with van der Waals surface area (Å²) >= 11 is 0. The summed E-state index contributed by atoms with van der Waals surface area (Å²) in [7, 11) is 0. The predicted octanol–water partition coefficient (Wildman–Crippen LogP) is 3.83. The molecule has 0 spiro atoms. The zero-order chi connectivity index (χ0) is 13.1. The van der Waals surface area contributed by atoms with E-state index in [2.05, 4.69) is 0 Å². The largest absolute Gasteiger partial charge is 0.423 e. The number of esters is 1. The van der Waals surface area contributed by atoms with Crippen LogP contribution in [0.3, 0.4) is 0 Å². The first-order chi connectivity index (χ1) is 8.56. The molecule has 0 aliphatic heterocycles. The summed E-state index contributed by atoms with van der Waals surface area (Å²) in [6, 6.07) is 13.0. The van der Waals surface area contributed by atoms with Gasteiger partial charge in [0.05, 0.1) is 5.56 Å². The van der Waals surface area contributed by atoms with E-state index in [0.717, 1.165) is 11.1 Å². The Hall–Kier alpha value is -2.09. The number of hydrogen-bond donors (Lipinski definition) is 0.